The Hall–Kier alpha value is -1.07. The summed E-state index contributed by atoms with van der Waals surface area (Å²) in [6.45, 7) is 5.26. The number of fused-ring (bicyclic) bond motifs is 1. The highest BCUT2D eigenvalue weighted by molar-refractivity contribution is 7.98. The van der Waals surface area contributed by atoms with Gasteiger partial charge in [-0.15, -0.1) is 0 Å². The van der Waals surface area contributed by atoms with Crippen LogP contribution in [0, 0.1) is 6.92 Å². The SMILES string of the molecule is CCCNc1nc(-c2cscc2C)nc2c1CSC2. The second-order valence-electron chi connectivity index (χ2n) is 4.71. The smallest absolute Gasteiger partial charge is 0.162 e. The number of hydrogen-bond acceptors (Lipinski definition) is 5. The average molecular weight is 291 g/mol. The van der Waals surface area contributed by atoms with E-state index in [-0.39, 0.29) is 0 Å². The van der Waals surface area contributed by atoms with Gasteiger partial charge in [0, 0.05) is 34.6 Å². The molecule has 3 nitrogen and oxygen atoms in total. The molecule has 0 atom stereocenters. The Kier molecular flexibility index (Phi) is 3.75. The monoisotopic (exact) mass is 291 g/mol. The van der Waals surface area contributed by atoms with Crippen LogP contribution in [0.25, 0.3) is 11.4 Å². The molecule has 0 aliphatic carbocycles. The zero-order valence-corrected chi connectivity index (χ0v) is 12.8. The Labute approximate surface area is 121 Å². The van der Waals surface area contributed by atoms with E-state index in [0.29, 0.717) is 0 Å². The van der Waals surface area contributed by atoms with E-state index in [1.807, 2.05) is 11.8 Å². The van der Waals surface area contributed by atoms with Gasteiger partial charge in [0.25, 0.3) is 0 Å². The molecule has 0 spiro atoms. The van der Waals surface area contributed by atoms with Crippen LogP contribution >= 0.6 is 23.1 Å². The molecule has 0 bridgehead atoms. The highest BCUT2D eigenvalue weighted by Crippen LogP contribution is 2.35. The molecule has 100 valence electrons. The van der Waals surface area contributed by atoms with Gasteiger partial charge in [-0.25, -0.2) is 9.97 Å². The van der Waals surface area contributed by atoms with Crippen molar-refractivity contribution in [2.75, 3.05) is 11.9 Å². The van der Waals surface area contributed by atoms with Crippen LogP contribution in [0.15, 0.2) is 10.8 Å². The van der Waals surface area contributed by atoms with Gasteiger partial charge in [0.05, 0.1) is 5.69 Å². The molecule has 0 unspecified atom stereocenters. The molecule has 0 saturated heterocycles. The van der Waals surface area contributed by atoms with E-state index in [1.54, 1.807) is 11.3 Å². The molecule has 3 rings (SSSR count). The number of thiophene rings is 1. The first kappa shape index (κ1) is 12.9. The van der Waals surface area contributed by atoms with E-state index in [0.717, 1.165) is 36.1 Å². The fraction of sp³-hybridized carbons (Fsp3) is 0.429. The largest absolute Gasteiger partial charge is 0.370 e. The number of aryl methyl sites for hydroxylation is 1. The number of rotatable bonds is 4. The summed E-state index contributed by atoms with van der Waals surface area (Å²) in [4.78, 5) is 9.52. The summed E-state index contributed by atoms with van der Waals surface area (Å²) in [5, 5.41) is 7.75. The maximum absolute atomic E-state index is 4.76. The lowest BCUT2D eigenvalue weighted by Crippen LogP contribution is -2.08. The van der Waals surface area contributed by atoms with E-state index in [4.69, 9.17) is 9.97 Å². The highest BCUT2D eigenvalue weighted by atomic mass is 32.2. The zero-order valence-electron chi connectivity index (χ0n) is 11.2. The quantitative estimate of drug-likeness (QED) is 0.921. The van der Waals surface area contributed by atoms with Gasteiger partial charge in [-0.05, 0) is 24.3 Å². The van der Waals surface area contributed by atoms with Crippen LogP contribution in [-0.2, 0) is 11.5 Å². The van der Waals surface area contributed by atoms with Crippen molar-refractivity contribution in [3.05, 3.63) is 27.6 Å². The van der Waals surface area contributed by atoms with Gasteiger partial charge in [0.1, 0.15) is 5.82 Å². The fourth-order valence-corrected chi connectivity index (χ4v) is 4.02. The van der Waals surface area contributed by atoms with Gasteiger partial charge in [-0.2, -0.15) is 23.1 Å². The van der Waals surface area contributed by atoms with Gasteiger partial charge in [0.2, 0.25) is 0 Å². The lowest BCUT2D eigenvalue weighted by molar-refractivity contribution is 0.955. The third kappa shape index (κ3) is 2.49. The van der Waals surface area contributed by atoms with Gasteiger partial charge >= 0.3 is 0 Å². The summed E-state index contributed by atoms with van der Waals surface area (Å²) in [6, 6.07) is 0. The standard InChI is InChI=1S/C14H17N3S2/c1-3-4-15-13-11-7-19-8-12(11)16-14(17-13)10-6-18-5-9(10)2/h5-6H,3-4,7-8H2,1-2H3,(H,15,16,17). The maximum Gasteiger partial charge on any atom is 0.162 e. The Balaban J connectivity index is 2.05. The van der Waals surface area contributed by atoms with Crippen LogP contribution in [0.3, 0.4) is 0 Å². The summed E-state index contributed by atoms with van der Waals surface area (Å²) in [5.41, 5.74) is 4.94. The number of hydrogen-bond donors (Lipinski definition) is 1. The number of thioether (sulfide) groups is 1. The van der Waals surface area contributed by atoms with Crippen molar-refractivity contribution >= 4 is 28.9 Å². The number of aromatic nitrogens is 2. The molecule has 1 N–H and O–H groups in total. The van der Waals surface area contributed by atoms with Crippen LogP contribution in [0.1, 0.15) is 30.2 Å². The minimum atomic E-state index is 0.874. The molecule has 0 saturated carbocycles. The summed E-state index contributed by atoms with van der Waals surface area (Å²) in [7, 11) is 0. The van der Waals surface area contributed by atoms with Crippen molar-refractivity contribution in [3.8, 4) is 11.4 Å². The van der Waals surface area contributed by atoms with Crippen LogP contribution in [0.5, 0.6) is 0 Å². The summed E-state index contributed by atoms with van der Waals surface area (Å²) in [5.74, 6) is 3.95. The molecule has 0 aromatic carbocycles. The first-order valence-corrected chi connectivity index (χ1v) is 8.64. The van der Waals surface area contributed by atoms with Crippen LogP contribution in [0.2, 0.25) is 0 Å². The minimum Gasteiger partial charge on any atom is -0.370 e. The predicted molar refractivity (Wildman–Crippen MR) is 83.9 cm³/mol. The number of nitrogens with zero attached hydrogens (tertiary/aromatic N) is 2. The average Bonchev–Trinajstić information content (AvgIpc) is 3.03. The van der Waals surface area contributed by atoms with Gasteiger partial charge in [0.15, 0.2) is 5.82 Å². The predicted octanol–water partition coefficient (Wildman–Crippen LogP) is 4.08. The third-order valence-corrected chi connectivity index (χ3v) is 5.05. The molecular formula is C14H17N3S2. The molecule has 0 radical (unpaired) electrons. The first-order chi connectivity index (χ1) is 9.29. The third-order valence-electron chi connectivity index (χ3n) is 3.22. The zero-order chi connectivity index (χ0) is 13.2. The van der Waals surface area contributed by atoms with Gasteiger partial charge in [-0.1, -0.05) is 6.92 Å². The topological polar surface area (TPSA) is 37.8 Å². The molecule has 1 aliphatic heterocycles. The highest BCUT2D eigenvalue weighted by Gasteiger charge is 2.20. The molecular weight excluding hydrogens is 274 g/mol. The van der Waals surface area contributed by atoms with Crippen molar-refractivity contribution in [2.24, 2.45) is 0 Å². The Morgan fingerprint density at radius 1 is 1.26 bits per heavy atom. The van der Waals surface area contributed by atoms with E-state index in [1.165, 1.54) is 22.4 Å². The second-order valence-corrected chi connectivity index (χ2v) is 6.44. The molecule has 2 aromatic rings. The van der Waals surface area contributed by atoms with Crippen molar-refractivity contribution in [1.29, 1.82) is 0 Å². The lowest BCUT2D eigenvalue weighted by atomic mass is 10.2. The summed E-state index contributed by atoms with van der Waals surface area (Å²) in [6.07, 6.45) is 1.11. The molecule has 5 heteroatoms. The van der Waals surface area contributed by atoms with Crippen LogP contribution < -0.4 is 5.32 Å². The van der Waals surface area contributed by atoms with Crippen molar-refractivity contribution < 1.29 is 0 Å². The first-order valence-electron chi connectivity index (χ1n) is 6.54. The summed E-state index contributed by atoms with van der Waals surface area (Å²) >= 11 is 3.63. The Morgan fingerprint density at radius 3 is 2.89 bits per heavy atom. The molecule has 0 fully saturated rings. The number of nitrogens with one attached hydrogen (secondary N) is 1. The maximum atomic E-state index is 4.76. The van der Waals surface area contributed by atoms with E-state index in [9.17, 15) is 0 Å². The second kappa shape index (κ2) is 5.51. The molecule has 3 heterocycles. The fourth-order valence-electron chi connectivity index (χ4n) is 2.15. The van der Waals surface area contributed by atoms with Gasteiger partial charge in [-0.3, -0.25) is 0 Å². The van der Waals surface area contributed by atoms with Crippen LogP contribution in [-0.4, -0.2) is 16.5 Å². The van der Waals surface area contributed by atoms with Crippen molar-refractivity contribution in [3.63, 3.8) is 0 Å². The van der Waals surface area contributed by atoms with E-state index < -0.39 is 0 Å². The normalized spacial score (nSPS) is 13.6. The molecule has 0 amide bonds. The number of anilines is 1. The Morgan fingerprint density at radius 2 is 2.16 bits per heavy atom. The van der Waals surface area contributed by atoms with E-state index >= 15 is 0 Å². The van der Waals surface area contributed by atoms with Crippen LogP contribution in [0.4, 0.5) is 5.82 Å². The summed E-state index contributed by atoms with van der Waals surface area (Å²) < 4.78 is 0. The van der Waals surface area contributed by atoms with Gasteiger partial charge < -0.3 is 5.32 Å². The Bertz CT molecular complexity index is 592. The molecule has 1 aliphatic rings. The van der Waals surface area contributed by atoms with Crippen molar-refractivity contribution in [1.82, 2.24) is 9.97 Å². The van der Waals surface area contributed by atoms with E-state index in [2.05, 4.69) is 29.9 Å². The lowest BCUT2D eigenvalue weighted by Gasteiger charge is -2.11. The van der Waals surface area contributed by atoms with Crippen molar-refractivity contribution in [2.45, 2.75) is 31.8 Å². The molecule has 2 aromatic heterocycles. The molecule has 19 heavy (non-hydrogen) atoms. The minimum absolute atomic E-state index is 0.874.